The molecule has 2 aliphatic carbocycles. The molecule has 2 saturated carbocycles. The third-order valence-electron chi connectivity index (χ3n) is 5.78. The molecule has 1 heterocycles. The zero-order valence-corrected chi connectivity index (χ0v) is 15.3. The largest absolute Gasteiger partial charge is 0.503 e. The van der Waals surface area contributed by atoms with Gasteiger partial charge in [0.25, 0.3) is 5.72 Å². The number of ether oxygens (including phenoxy) is 1. The van der Waals surface area contributed by atoms with Gasteiger partial charge in [-0.05, 0) is 18.3 Å². The number of hydrogen-bond acceptors (Lipinski definition) is 9. The number of aliphatic imine (C=N–C) groups is 1. The molecular formula is C18H25NO8. The Morgan fingerprint density at radius 1 is 1.26 bits per heavy atom. The van der Waals surface area contributed by atoms with E-state index in [1.54, 1.807) is 13.8 Å². The van der Waals surface area contributed by atoms with E-state index in [0.29, 0.717) is 0 Å². The van der Waals surface area contributed by atoms with E-state index in [1.807, 2.05) is 0 Å². The number of rotatable bonds is 2. The highest BCUT2D eigenvalue weighted by Crippen LogP contribution is 2.47. The maximum absolute atomic E-state index is 12.8. The molecule has 3 rings (SSSR count). The second-order valence-corrected chi connectivity index (χ2v) is 8.11. The predicted octanol–water partition coefficient (Wildman–Crippen LogP) is -0.633. The van der Waals surface area contributed by atoms with Gasteiger partial charge in [-0.1, -0.05) is 13.8 Å². The minimum Gasteiger partial charge on any atom is -0.503 e. The summed E-state index contributed by atoms with van der Waals surface area (Å²) in [6.45, 7) is 2.45. The average molecular weight is 383 g/mol. The molecule has 0 aromatic heterocycles. The fourth-order valence-electron chi connectivity index (χ4n) is 4.40. The normalized spacial score (nSPS) is 45.3. The third-order valence-corrected chi connectivity index (χ3v) is 5.78. The van der Waals surface area contributed by atoms with Crippen LogP contribution in [0, 0.1) is 11.8 Å². The molecule has 0 saturated heterocycles. The van der Waals surface area contributed by atoms with Crippen LogP contribution in [0.3, 0.4) is 0 Å². The van der Waals surface area contributed by atoms with Gasteiger partial charge < -0.3 is 30.3 Å². The number of carbonyl (C=O) groups excluding carboxylic acids is 2. The molecule has 9 heteroatoms. The summed E-state index contributed by atoms with van der Waals surface area (Å²) in [5, 5.41) is 52.5. The van der Waals surface area contributed by atoms with Gasteiger partial charge in [0.05, 0.1) is 18.9 Å². The third kappa shape index (κ3) is 2.80. The van der Waals surface area contributed by atoms with Gasteiger partial charge in [0, 0.05) is 19.3 Å². The quantitative estimate of drug-likeness (QED) is 0.422. The summed E-state index contributed by atoms with van der Waals surface area (Å²) < 4.78 is 5.61. The van der Waals surface area contributed by atoms with Crippen molar-refractivity contribution >= 4 is 17.8 Å². The van der Waals surface area contributed by atoms with Crippen LogP contribution in [0.4, 0.5) is 0 Å². The molecule has 3 aliphatic rings. The van der Waals surface area contributed by atoms with E-state index in [-0.39, 0.29) is 31.0 Å². The van der Waals surface area contributed by atoms with E-state index < -0.39 is 59.3 Å². The minimum absolute atomic E-state index is 0.00304. The SMILES string of the molecule is C[C@H]1CC(=O)[C@]2(N=CC(O)=C([C@@]3(O)CC(=O)C[C@H](C)[C@H]3O)O2)[C@](O)(CO)C1. The molecule has 1 aliphatic heterocycles. The van der Waals surface area contributed by atoms with E-state index in [2.05, 4.69) is 4.99 Å². The highest BCUT2D eigenvalue weighted by molar-refractivity contribution is 5.94. The molecule has 0 radical (unpaired) electrons. The van der Waals surface area contributed by atoms with Gasteiger partial charge >= 0.3 is 0 Å². The van der Waals surface area contributed by atoms with Gasteiger partial charge in [0.2, 0.25) is 5.78 Å². The van der Waals surface area contributed by atoms with Gasteiger partial charge in [-0.25, -0.2) is 4.99 Å². The molecule has 0 unspecified atom stereocenters. The smallest absolute Gasteiger partial charge is 0.289 e. The number of ketones is 2. The summed E-state index contributed by atoms with van der Waals surface area (Å²) in [6, 6.07) is 0. The van der Waals surface area contributed by atoms with Gasteiger partial charge in [0.15, 0.2) is 22.7 Å². The van der Waals surface area contributed by atoms with Crippen molar-refractivity contribution in [1.82, 2.24) is 0 Å². The Labute approximate surface area is 156 Å². The number of nitrogens with zero attached hydrogens (tertiary/aromatic N) is 1. The predicted molar refractivity (Wildman–Crippen MR) is 91.8 cm³/mol. The van der Waals surface area contributed by atoms with Crippen molar-refractivity contribution in [3.05, 3.63) is 11.5 Å². The highest BCUT2D eigenvalue weighted by atomic mass is 16.6. The second kappa shape index (κ2) is 6.37. The van der Waals surface area contributed by atoms with Crippen molar-refractivity contribution in [2.45, 2.75) is 62.6 Å². The Balaban J connectivity index is 2.08. The first-order valence-corrected chi connectivity index (χ1v) is 8.95. The van der Waals surface area contributed by atoms with E-state index in [0.717, 1.165) is 6.21 Å². The standard InChI is InChI=1S/C18H25NO8/c1-9-3-13(23)18(16(25,5-9)8-20)19-7-12(22)15(27-18)17(26)6-11(21)4-10(2)14(17)24/h7,9-10,14,20,22,24-26H,3-6,8H2,1-2H3/t9-,10-,14+,16+,17+,18+/m0/s1. The average Bonchev–Trinajstić information content (AvgIpc) is 2.58. The summed E-state index contributed by atoms with van der Waals surface area (Å²) >= 11 is 0. The summed E-state index contributed by atoms with van der Waals surface area (Å²) in [4.78, 5) is 28.7. The summed E-state index contributed by atoms with van der Waals surface area (Å²) in [7, 11) is 0. The van der Waals surface area contributed by atoms with Gasteiger partial charge in [-0.2, -0.15) is 0 Å². The van der Waals surface area contributed by atoms with Crippen molar-refractivity contribution in [2.75, 3.05) is 6.61 Å². The molecule has 1 spiro atoms. The Morgan fingerprint density at radius 3 is 2.56 bits per heavy atom. The van der Waals surface area contributed by atoms with Crippen LogP contribution in [0.2, 0.25) is 0 Å². The number of aliphatic hydroxyl groups is 5. The van der Waals surface area contributed by atoms with Gasteiger partial charge in [-0.15, -0.1) is 0 Å². The van der Waals surface area contributed by atoms with Crippen LogP contribution in [0.5, 0.6) is 0 Å². The topological polar surface area (TPSA) is 157 Å². The molecule has 2 fully saturated rings. The van der Waals surface area contributed by atoms with Crippen LogP contribution in [-0.2, 0) is 14.3 Å². The summed E-state index contributed by atoms with van der Waals surface area (Å²) in [5.74, 6) is -3.10. The van der Waals surface area contributed by atoms with Crippen LogP contribution in [0.1, 0.15) is 39.5 Å². The Hall–Kier alpha value is -1.81. The highest BCUT2D eigenvalue weighted by Gasteiger charge is 2.65. The van der Waals surface area contributed by atoms with Crippen molar-refractivity contribution in [1.29, 1.82) is 0 Å². The lowest BCUT2D eigenvalue weighted by Gasteiger charge is -2.50. The maximum atomic E-state index is 12.8. The molecule has 9 nitrogen and oxygen atoms in total. The summed E-state index contributed by atoms with van der Waals surface area (Å²) in [5.41, 5.74) is -6.64. The fourth-order valence-corrected chi connectivity index (χ4v) is 4.40. The minimum atomic E-state index is -2.28. The molecule has 0 aromatic rings. The monoisotopic (exact) mass is 383 g/mol. The van der Waals surface area contributed by atoms with E-state index in [1.165, 1.54) is 0 Å². The van der Waals surface area contributed by atoms with Crippen molar-refractivity contribution in [3.8, 4) is 0 Å². The molecule has 5 N–H and O–H groups in total. The lowest BCUT2D eigenvalue weighted by molar-refractivity contribution is -0.222. The molecule has 0 aromatic carbocycles. The number of carbonyl (C=O) groups is 2. The van der Waals surface area contributed by atoms with E-state index in [9.17, 15) is 35.1 Å². The molecular weight excluding hydrogens is 358 g/mol. The Bertz CT molecular complexity index is 733. The number of allylic oxidation sites excluding steroid dienone is 1. The fraction of sp³-hybridized carbons (Fsp3) is 0.722. The van der Waals surface area contributed by atoms with Crippen LogP contribution in [-0.4, -0.2) is 73.0 Å². The van der Waals surface area contributed by atoms with Crippen molar-refractivity contribution in [3.63, 3.8) is 0 Å². The van der Waals surface area contributed by atoms with Gasteiger partial charge in [0.1, 0.15) is 5.78 Å². The number of Topliss-reactive ketones (excluding diaryl/α,β-unsaturated/α-hetero) is 2. The van der Waals surface area contributed by atoms with Crippen LogP contribution < -0.4 is 0 Å². The first-order chi connectivity index (χ1) is 12.5. The molecule has 150 valence electrons. The molecule has 0 amide bonds. The lowest BCUT2D eigenvalue weighted by Crippen LogP contribution is -2.67. The zero-order valence-electron chi connectivity index (χ0n) is 15.3. The lowest BCUT2D eigenvalue weighted by atomic mass is 9.70. The molecule has 0 bridgehead atoms. The molecule has 6 atom stereocenters. The Kier molecular flexibility index (Phi) is 4.70. The van der Waals surface area contributed by atoms with Crippen LogP contribution >= 0.6 is 0 Å². The maximum Gasteiger partial charge on any atom is 0.289 e. The first-order valence-electron chi connectivity index (χ1n) is 8.95. The number of aliphatic hydroxyl groups excluding tert-OH is 3. The number of hydrogen-bond donors (Lipinski definition) is 5. The van der Waals surface area contributed by atoms with Crippen LogP contribution in [0.15, 0.2) is 16.5 Å². The summed E-state index contributed by atoms with van der Waals surface area (Å²) in [6.07, 6.45) is -1.07. The van der Waals surface area contributed by atoms with Gasteiger partial charge in [-0.3, -0.25) is 9.59 Å². The zero-order chi connectivity index (χ0) is 20.2. The first kappa shape index (κ1) is 19.9. The van der Waals surface area contributed by atoms with Crippen molar-refractivity contribution in [2.24, 2.45) is 16.8 Å². The Morgan fingerprint density at radius 2 is 1.93 bits per heavy atom. The molecule has 27 heavy (non-hydrogen) atoms. The van der Waals surface area contributed by atoms with Crippen molar-refractivity contribution < 1.29 is 39.9 Å². The van der Waals surface area contributed by atoms with E-state index >= 15 is 0 Å². The van der Waals surface area contributed by atoms with E-state index in [4.69, 9.17) is 4.74 Å². The van der Waals surface area contributed by atoms with Crippen LogP contribution in [0.25, 0.3) is 0 Å². The second-order valence-electron chi connectivity index (χ2n) is 8.11.